The number of carbonyl (C=O) groups excluding carboxylic acids is 1. The molecule has 1 amide bonds. The smallest absolute Gasteiger partial charge is 0.241 e. The van der Waals surface area contributed by atoms with Gasteiger partial charge in [-0.05, 0) is 43.2 Å². The predicted molar refractivity (Wildman–Crippen MR) is 83.6 cm³/mol. The number of hydrogen-bond acceptors (Lipinski definition) is 4. The quantitative estimate of drug-likeness (QED) is 0.885. The van der Waals surface area contributed by atoms with Crippen LogP contribution in [-0.4, -0.2) is 27.3 Å². The van der Waals surface area contributed by atoms with Crippen LogP contribution in [0.2, 0.25) is 5.02 Å². The van der Waals surface area contributed by atoms with Crippen molar-refractivity contribution < 1.29 is 9.90 Å². The summed E-state index contributed by atoms with van der Waals surface area (Å²) >= 11 is 7.55. The van der Waals surface area contributed by atoms with Crippen LogP contribution in [0.1, 0.15) is 23.9 Å². The normalized spacial score (nSPS) is 14.0. The first-order chi connectivity index (χ1) is 9.81. The predicted octanol–water partition coefficient (Wildman–Crippen LogP) is 2.24. The van der Waals surface area contributed by atoms with Gasteiger partial charge in [-0.3, -0.25) is 9.48 Å². The number of aromatic nitrogens is 2. The summed E-state index contributed by atoms with van der Waals surface area (Å²) in [4.78, 5) is 12.0. The molecule has 0 aliphatic rings. The molecular formula is C14H18ClN3O2S. The fourth-order valence-electron chi connectivity index (χ4n) is 1.96. The largest absolute Gasteiger partial charge is 0.384 e. The van der Waals surface area contributed by atoms with E-state index in [9.17, 15) is 9.90 Å². The molecule has 0 radical (unpaired) electrons. The van der Waals surface area contributed by atoms with E-state index in [4.69, 9.17) is 11.6 Å². The molecule has 0 saturated carbocycles. The van der Waals surface area contributed by atoms with E-state index >= 15 is 0 Å². The molecule has 0 spiro atoms. The average Bonchev–Trinajstić information content (AvgIpc) is 3.04. The zero-order valence-corrected chi connectivity index (χ0v) is 13.8. The second-order valence-corrected chi connectivity index (χ2v) is 6.36. The van der Waals surface area contributed by atoms with Gasteiger partial charge < -0.3 is 10.4 Å². The molecule has 1 unspecified atom stereocenters. The molecule has 21 heavy (non-hydrogen) atoms. The summed E-state index contributed by atoms with van der Waals surface area (Å²) in [6.45, 7) is 5.52. The van der Waals surface area contributed by atoms with Crippen LogP contribution in [-0.2, 0) is 16.9 Å². The van der Waals surface area contributed by atoms with Crippen molar-refractivity contribution in [3.8, 4) is 0 Å². The van der Waals surface area contributed by atoms with Crippen LogP contribution in [0.15, 0.2) is 16.8 Å². The maximum absolute atomic E-state index is 12.0. The molecule has 7 heteroatoms. The molecule has 0 saturated heterocycles. The van der Waals surface area contributed by atoms with Gasteiger partial charge in [-0.2, -0.15) is 16.4 Å². The van der Waals surface area contributed by atoms with Gasteiger partial charge in [0.1, 0.15) is 12.1 Å². The highest BCUT2D eigenvalue weighted by Crippen LogP contribution is 2.22. The van der Waals surface area contributed by atoms with E-state index in [2.05, 4.69) is 10.4 Å². The third-order valence-corrected chi connectivity index (χ3v) is 4.59. The van der Waals surface area contributed by atoms with Crippen LogP contribution in [0.5, 0.6) is 0 Å². The van der Waals surface area contributed by atoms with Gasteiger partial charge in [0.15, 0.2) is 0 Å². The number of thiophene rings is 1. The third-order valence-electron chi connectivity index (χ3n) is 3.36. The van der Waals surface area contributed by atoms with Crippen LogP contribution < -0.4 is 5.32 Å². The fraction of sp³-hybridized carbons (Fsp3) is 0.429. The first-order valence-corrected chi connectivity index (χ1v) is 7.84. The van der Waals surface area contributed by atoms with Crippen LogP contribution in [0.25, 0.3) is 0 Å². The van der Waals surface area contributed by atoms with Crippen molar-refractivity contribution in [2.75, 3.05) is 6.54 Å². The number of hydrogen-bond donors (Lipinski definition) is 2. The van der Waals surface area contributed by atoms with Crippen LogP contribution >= 0.6 is 22.9 Å². The lowest BCUT2D eigenvalue weighted by Crippen LogP contribution is -2.39. The third kappa shape index (κ3) is 3.64. The summed E-state index contributed by atoms with van der Waals surface area (Å²) < 4.78 is 1.56. The van der Waals surface area contributed by atoms with Crippen molar-refractivity contribution in [3.63, 3.8) is 0 Å². The second kappa shape index (κ2) is 6.17. The highest BCUT2D eigenvalue weighted by molar-refractivity contribution is 7.08. The lowest BCUT2D eigenvalue weighted by molar-refractivity contribution is -0.123. The fourth-order valence-corrected chi connectivity index (χ4v) is 2.88. The number of amides is 1. The van der Waals surface area contributed by atoms with E-state index in [0.717, 1.165) is 11.3 Å². The number of carbonyl (C=O) groups is 1. The molecule has 0 aliphatic carbocycles. The molecule has 2 heterocycles. The number of nitrogens with one attached hydrogen (secondary N) is 1. The molecule has 0 aromatic carbocycles. The summed E-state index contributed by atoms with van der Waals surface area (Å²) in [5.74, 6) is -0.215. The molecule has 0 bridgehead atoms. The monoisotopic (exact) mass is 327 g/mol. The molecule has 0 fully saturated rings. The Balaban J connectivity index is 1.95. The van der Waals surface area contributed by atoms with E-state index in [-0.39, 0.29) is 19.0 Å². The second-order valence-electron chi connectivity index (χ2n) is 5.21. The molecule has 5 nitrogen and oxygen atoms in total. The molecule has 0 aliphatic heterocycles. The van der Waals surface area contributed by atoms with E-state index < -0.39 is 5.60 Å². The first kappa shape index (κ1) is 16.0. The van der Waals surface area contributed by atoms with Crippen molar-refractivity contribution >= 4 is 28.8 Å². The Hall–Kier alpha value is -1.37. The Morgan fingerprint density at radius 3 is 2.81 bits per heavy atom. The summed E-state index contributed by atoms with van der Waals surface area (Å²) in [7, 11) is 0. The van der Waals surface area contributed by atoms with Gasteiger partial charge in [0.2, 0.25) is 5.91 Å². The summed E-state index contributed by atoms with van der Waals surface area (Å²) in [6, 6.07) is 1.84. The standard InChI is InChI=1S/C14H18ClN3O2S/c1-9-13(15)10(2)18(17-9)6-12(19)16-8-14(3,20)11-4-5-21-7-11/h4-5,7,20H,6,8H2,1-3H3,(H,16,19). The van der Waals surface area contributed by atoms with Gasteiger partial charge >= 0.3 is 0 Å². The summed E-state index contributed by atoms with van der Waals surface area (Å²) in [5, 5.41) is 21.6. The van der Waals surface area contributed by atoms with Gasteiger partial charge in [0.05, 0.1) is 23.0 Å². The average molecular weight is 328 g/mol. The first-order valence-electron chi connectivity index (χ1n) is 6.52. The lowest BCUT2D eigenvalue weighted by Gasteiger charge is -2.22. The van der Waals surface area contributed by atoms with Crippen molar-refractivity contribution in [2.45, 2.75) is 32.9 Å². The van der Waals surface area contributed by atoms with Gasteiger partial charge in [-0.1, -0.05) is 11.6 Å². The maximum atomic E-state index is 12.0. The Labute approximate surface area is 132 Å². The Morgan fingerprint density at radius 1 is 1.57 bits per heavy atom. The zero-order valence-electron chi connectivity index (χ0n) is 12.2. The Kier molecular flexibility index (Phi) is 4.70. The Morgan fingerprint density at radius 2 is 2.29 bits per heavy atom. The SMILES string of the molecule is Cc1nn(CC(=O)NCC(C)(O)c2ccsc2)c(C)c1Cl. The molecule has 1 atom stereocenters. The summed E-state index contributed by atoms with van der Waals surface area (Å²) in [6.07, 6.45) is 0. The number of aryl methyl sites for hydroxylation is 1. The van der Waals surface area contributed by atoms with Crippen molar-refractivity contribution in [1.82, 2.24) is 15.1 Å². The highest BCUT2D eigenvalue weighted by Gasteiger charge is 2.24. The minimum absolute atomic E-state index is 0.0825. The van der Waals surface area contributed by atoms with Crippen LogP contribution in [0, 0.1) is 13.8 Å². The van der Waals surface area contributed by atoms with Gasteiger partial charge in [0, 0.05) is 0 Å². The Bertz CT molecular complexity index is 635. The lowest BCUT2D eigenvalue weighted by atomic mass is 9.99. The van der Waals surface area contributed by atoms with Gasteiger partial charge in [0.25, 0.3) is 0 Å². The molecule has 2 aromatic rings. The molecule has 114 valence electrons. The van der Waals surface area contributed by atoms with E-state index in [1.165, 1.54) is 11.3 Å². The molecule has 2 rings (SSSR count). The van der Waals surface area contributed by atoms with Gasteiger partial charge in [-0.25, -0.2) is 0 Å². The molecule has 2 N–H and O–H groups in total. The zero-order chi connectivity index (χ0) is 15.6. The van der Waals surface area contributed by atoms with Crippen molar-refractivity contribution in [2.24, 2.45) is 0 Å². The highest BCUT2D eigenvalue weighted by atomic mass is 35.5. The van der Waals surface area contributed by atoms with E-state index in [0.29, 0.717) is 10.7 Å². The van der Waals surface area contributed by atoms with E-state index in [1.54, 1.807) is 18.5 Å². The number of halogens is 1. The van der Waals surface area contributed by atoms with Crippen LogP contribution in [0.3, 0.4) is 0 Å². The molecule has 2 aromatic heterocycles. The number of aliphatic hydroxyl groups is 1. The van der Waals surface area contributed by atoms with E-state index in [1.807, 2.05) is 23.8 Å². The van der Waals surface area contributed by atoms with Crippen molar-refractivity contribution in [3.05, 3.63) is 38.8 Å². The minimum atomic E-state index is -1.08. The summed E-state index contributed by atoms with van der Waals surface area (Å²) in [5.41, 5.74) is 1.17. The molecular weight excluding hydrogens is 310 g/mol. The van der Waals surface area contributed by atoms with Gasteiger partial charge in [-0.15, -0.1) is 0 Å². The number of rotatable bonds is 5. The topological polar surface area (TPSA) is 67.2 Å². The van der Waals surface area contributed by atoms with Crippen molar-refractivity contribution in [1.29, 1.82) is 0 Å². The van der Waals surface area contributed by atoms with Crippen LogP contribution in [0.4, 0.5) is 0 Å². The minimum Gasteiger partial charge on any atom is -0.384 e. The number of nitrogens with zero attached hydrogens (tertiary/aromatic N) is 2. The maximum Gasteiger partial charge on any atom is 0.241 e.